The molecule has 3 heterocycles. The summed E-state index contributed by atoms with van der Waals surface area (Å²) in [6.45, 7) is 0.607. The van der Waals surface area contributed by atoms with Crippen molar-refractivity contribution >= 4 is 21.8 Å². The van der Waals surface area contributed by atoms with Crippen LogP contribution in [-0.2, 0) is 20.0 Å². The van der Waals surface area contributed by atoms with E-state index in [1.165, 1.54) is 5.56 Å². The highest BCUT2D eigenvalue weighted by molar-refractivity contribution is 5.86. The standard InChI is InChI=1S/C21H20N6O/c1-26-20-5-2-14(10-16(20)13-23-26)11-19-17-12-15(3-4-18(17)24-25-19)21-22-6-7-27(21)8-9-28/h2-7,10,12-13,28H,8-9,11H2,1H3,(H,24,25). The molecule has 0 unspecified atom stereocenters. The molecule has 0 aliphatic carbocycles. The molecule has 7 heteroatoms. The van der Waals surface area contributed by atoms with Crippen LogP contribution in [0.15, 0.2) is 55.0 Å². The van der Waals surface area contributed by atoms with Gasteiger partial charge in [-0.3, -0.25) is 9.78 Å². The summed E-state index contributed by atoms with van der Waals surface area (Å²) in [5, 5.41) is 23.4. The number of nitrogens with one attached hydrogen (secondary N) is 1. The molecule has 5 rings (SSSR count). The Labute approximate surface area is 161 Å². The molecule has 0 spiro atoms. The molecule has 5 aromatic rings. The van der Waals surface area contributed by atoms with Gasteiger partial charge in [0.25, 0.3) is 0 Å². The molecular formula is C21H20N6O. The highest BCUT2D eigenvalue weighted by Gasteiger charge is 2.12. The fourth-order valence-electron chi connectivity index (χ4n) is 3.72. The van der Waals surface area contributed by atoms with Crippen molar-refractivity contribution in [2.24, 2.45) is 7.05 Å². The Morgan fingerprint density at radius 1 is 1.14 bits per heavy atom. The molecule has 0 bridgehead atoms. The van der Waals surface area contributed by atoms with Gasteiger partial charge in [0.2, 0.25) is 0 Å². The molecular weight excluding hydrogens is 352 g/mol. The van der Waals surface area contributed by atoms with E-state index >= 15 is 0 Å². The number of aryl methyl sites for hydroxylation is 1. The van der Waals surface area contributed by atoms with Gasteiger partial charge in [0.05, 0.1) is 23.8 Å². The molecule has 0 saturated heterocycles. The van der Waals surface area contributed by atoms with Gasteiger partial charge in [0.15, 0.2) is 0 Å². The number of benzene rings is 2. The molecule has 2 aromatic carbocycles. The normalized spacial score (nSPS) is 11.6. The summed E-state index contributed by atoms with van der Waals surface area (Å²) < 4.78 is 3.84. The zero-order chi connectivity index (χ0) is 19.1. The van der Waals surface area contributed by atoms with Crippen LogP contribution in [0, 0.1) is 0 Å². The van der Waals surface area contributed by atoms with E-state index in [1.54, 1.807) is 6.20 Å². The summed E-state index contributed by atoms with van der Waals surface area (Å²) in [5.74, 6) is 0.847. The number of aromatic amines is 1. The average molecular weight is 372 g/mol. The largest absolute Gasteiger partial charge is 0.395 e. The third-order valence-electron chi connectivity index (χ3n) is 5.14. The minimum Gasteiger partial charge on any atom is -0.395 e. The van der Waals surface area contributed by atoms with Crippen LogP contribution in [0.2, 0.25) is 0 Å². The van der Waals surface area contributed by atoms with Crippen molar-refractivity contribution in [1.29, 1.82) is 0 Å². The van der Waals surface area contributed by atoms with Gasteiger partial charge in [-0.2, -0.15) is 10.2 Å². The Hall–Kier alpha value is -3.45. The monoisotopic (exact) mass is 372 g/mol. The van der Waals surface area contributed by atoms with Gasteiger partial charge in [0.1, 0.15) is 5.82 Å². The van der Waals surface area contributed by atoms with Crippen molar-refractivity contribution in [3.05, 3.63) is 66.2 Å². The van der Waals surface area contributed by atoms with Crippen molar-refractivity contribution in [2.45, 2.75) is 13.0 Å². The quantitative estimate of drug-likeness (QED) is 0.497. The van der Waals surface area contributed by atoms with Crippen molar-refractivity contribution in [2.75, 3.05) is 6.61 Å². The van der Waals surface area contributed by atoms with Gasteiger partial charge in [-0.25, -0.2) is 4.98 Å². The first-order chi connectivity index (χ1) is 13.7. The Morgan fingerprint density at radius 3 is 2.96 bits per heavy atom. The van der Waals surface area contributed by atoms with Gasteiger partial charge in [0, 0.05) is 54.4 Å². The van der Waals surface area contributed by atoms with E-state index in [9.17, 15) is 5.11 Å². The van der Waals surface area contributed by atoms with Crippen LogP contribution < -0.4 is 0 Å². The molecule has 0 aliphatic heterocycles. The van der Waals surface area contributed by atoms with Gasteiger partial charge in [-0.05, 0) is 35.9 Å². The lowest BCUT2D eigenvalue weighted by Gasteiger charge is -2.06. The number of rotatable bonds is 5. The van der Waals surface area contributed by atoms with E-state index in [4.69, 9.17) is 0 Å². The zero-order valence-electron chi connectivity index (χ0n) is 15.5. The summed E-state index contributed by atoms with van der Waals surface area (Å²) in [7, 11) is 1.95. The van der Waals surface area contributed by atoms with Gasteiger partial charge in [-0.1, -0.05) is 6.07 Å². The van der Waals surface area contributed by atoms with Crippen LogP contribution in [0.3, 0.4) is 0 Å². The Balaban J connectivity index is 1.53. The lowest BCUT2D eigenvalue weighted by Crippen LogP contribution is -2.02. The minimum atomic E-state index is 0.0827. The lowest BCUT2D eigenvalue weighted by atomic mass is 10.0. The number of nitrogens with zero attached hydrogens (tertiary/aromatic N) is 5. The SMILES string of the molecule is Cn1ncc2cc(Cc3[nH]nc4ccc(-c5nccn5CCO)cc34)ccc21. The minimum absolute atomic E-state index is 0.0827. The molecule has 0 aliphatic rings. The van der Waals surface area contributed by atoms with Crippen molar-refractivity contribution in [1.82, 2.24) is 29.5 Å². The summed E-state index contributed by atoms with van der Waals surface area (Å²) >= 11 is 0. The molecule has 3 aromatic heterocycles. The lowest BCUT2D eigenvalue weighted by molar-refractivity contribution is 0.276. The average Bonchev–Trinajstić information content (AvgIpc) is 3.42. The highest BCUT2D eigenvalue weighted by atomic mass is 16.3. The number of H-pyrrole nitrogens is 1. The molecule has 2 N–H and O–H groups in total. The van der Waals surface area contributed by atoms with Crippen LogP contribution in [0.1, 0.15) is 11.3 Å². The molecule has 0 amide bonds. The van der Waals surface area contributed by atoms with Gasteiger partial charge >= 0.3 is 0 Å². The fourth-order valence-corrected chi connectivity index (χ4v) is 3.72. The first kappa shape index (κ1) is 16.7. The number of imidazole rings is 1. The number of aromatic nitrogens is 6. The maximum Gasteiger partial charge on any atom is 0.139 e. The Morgan fingerprint density at radius 2 is 2.07 bits per heavy atom. The first-order valence-corrected chi connectivity index (χ1v) is 9.23. The summed E-state index contributed by atoms with van der Waals surface area (Å²) in [5.41, 5.74) is 5.34. The van der Waals surface area contributed by atoms with E-state index in [0.717, 1.165) is 45.3 Å². The van der Waals surface area contributed by atoms with Crippen LogP contribution in [0.4, 0.5) is 0 Å². The van der Waals surface area contributed by atoms with Crippen LogP contribution in [0.5, 0.6) is 0 Å². The number of hydrogen-bond donors (Lipinski definition) is 2. The topological polar surface area (TPSA) is 84.5 Å². The van der Waals surface area contributed by atoms with E-state index in [2.05, 4.69) is 44.5 Å². The Bertz CT molecular complexity index is 1280. The molecule has 0 saturated carbocycles. The smallest absolute Gasteiger partial charge is 0.139 e. The number of fused-ring (bicyclic) bond motifs is 2. The zero-order valence-corrected chi connectivity index (χ0v) is 15.5. The molecule has 0 radical (unpaired) electrons. The van der Waals surface area contributed by atoms with Crippen LogP contribution >= 0.6 is 0 Å². The molecule has 0 atom stereocenters. The van der Waals surface area contributed by atoms with Crippen LogP contribution in [-0.4, -0.2) is 41.2 Å². The predicted octanol–water partition coefficient (Wildman–Crippen LogP) is 2.90. The molecule has 140 valence electrons. The second-order valence-corrected chi connectivity index (χ2v) is 6.94. The van der Waals surface area contributed by atoms with E-state index in [-0.39, 0.29) is 6.61 Å². The number of hydrogen-bond acceptors (Lipinski definition) is 4. The van der Waals surface area contributed by atoms with Gasteiger partial charge < -0.3 is 9.67 Å². The van der Waals surface area contributed by atoms with Crippen molar-refractivity contribution in [3.63, 3.8) is 0 Å². The number of aliphatic hydroxyl groups excluding tert-OH is 1. The Kier molecular flexibility index (Phi) is 3.95. The van der Waals surface area contributed by atoms with Crippen molar-refractivity contribution < 1.29 is 5.11 Å². The van der Waals surface area contributed by atoms with E-state index in [1.807, 2.05) is 40.8 Å². The van der Waals surface area contributed by atoms with Crippen LogP contribution in [0.25, 0.3) is 33.2 Å². The van der Waals surface area contributed by atoms with Crippen molar-refractivity contribution in [3.8, 4) is 11.4 Å². The maximum atomic E-state index is 9.26. The second-order valence-electron chi connectivity index (χ2n) is 6.94. The number of aliphatic hydroxyl groups is 1. The summed E-state index contributed by atoms with van der Waals surface area (Å²) in [4.78, 5) is 4.46. The molecule has 7 nitrogen and oxygen atoms in total. The fraction of sp³-hybridized carbons (Fsp3) is 0.190. The second kappa shape index (κ2) is 6.61. The maximum absolute atomic E-state index is 9.26. The van der Waals surface area contributed by atoms with Gasteiger partial charge in [-0.15, -0.1) is 0 Å². The first-order valence-electron chi connectivity index (χ1n) is 9.23. The summed E-state index contributed by atoms with van der Waals surface area (Å²) in [6, 6.07) is 12.6. The van der Waals surface area contributed by atoms with E-state index < -0.39 is 0 Å². The third-order valence-corrected chi connectivity index (χ3v) is 5.14. The predicted molar refractivity (Wildman–Crippen MR) is 108 cm³/mol. The third kappa shape index (κ3) is 2.76. The highest BCUT2D eigenvalue weighted by Crippen LogP contribution is 2.26. The van der Waals surface area contributed by atoms with E-state index in [0.29, 0.717) is 6.54 Å². The summed E-state index contributed by atoms with van der Waals surface area (Å²) in [6.07, 6.45) is 6.29. The molecule has 28 heavy (non-hydrogen) atoms. The molecule has 0 fully saturated rings.